The number of fused-ring (bicyclic) bond motifs is 2. The molecule has 32 heavy (non-hydrogen) atoms. The summed E-state index contributed by atoms with van der Waals surface area (Å²) in [5, 5.41) is 0.0229. The molecule has 2 aromatic heterocycles. The number of aromatic amines is 1. The molecule has 5 nitrogen and oxygen atoms in total. The van der Waals surface area contributed by atoms with Crippen molar-refractivity contribution in [2.75, 3.05) is 0 Å². The molecular weight excluding hydrogens is 426 g/mol. The maximum Gasteiger partial charge on any atom is 0.268 e. The number of halogens is 4. The van der Waals surface area contributed by atoms with Gasteiger partial charge < -0.3 is 10.7 Å². The van der Waals surface area contributed by atoms with E-state index in [1.165, 1.54) is 31.3 Å². The normalized spacial score (nSPS) is 26.0. The van der Waals surface area contributed by atoms with Gasteiger partial charge in [-0.05, 0) is 48.9 Å². The van der Waals surface area contributed by atoms with Crippen LogP contribution in [0.15, 0.2) is 35.3 Å². The van der Waals surface area contributed by atoms with Gasteiger partial charge in [-0.2, -0.15) is 0 Å². The number of carbonyl (C=O) groups is 1. The molecule has 3 N–H and O–H groups in total. The number of pyridine rings is 2. The van der Waals surface area contributed by atoms with Crippen LogP contribution in [0, 0.1) is 30.4 Å². The number of amides is 1. The Kier molecular flexibility index (Phi) is 4.44. The number of primary amides is 1. The summed E-state index contributed by atoms with van der Waals surface area (Å²) < 4.78 is 56.7. The number of benzene rings is 1. The van der Waals surface area contributed by atoms with Gasteiger partial charge in [0.25, 0.3) is 11.8 Å². The van der Waals surface area contributed by atoms with Crippen LogP contribution >= 0.6 is 0 Å². The number of hydrogen-bond donors (Lipinski definition) is 2. The maximum absolute atomic E-state index is 14.3. The first-order valence-corrected chi connectivity index (χ1v) is 10.2. The average Bonchev–Trinajstić information content (AvgIpc) is 3.30. The van der Waals surface area contributed by atoms with Crippen molar-refractivity contribution in [2.45, 2.75) is 37.5 Å². The molecule has 2 aliphatic carbocycles. The van der Waals surface area contributed by atoms with E-state index in [-0.39, 0.29) is 29.5 Å². The Morgan fingerprint density at radius 2 is 1.84 bits per heavy atom. The number of nitrogens with one attached hydrogen (secondary N) is 1. The van der Waals surface area contributed by atoms with Crippen molar-refractivity contribution in [3.63, 3.8) is 0 Å². The maximum atomic E-state index is 14.3. The van der Waals surface area contributed by atoms with Crippen LogP contribution < -0.4 is 11.2 Å². The molecule has 166 valence electrons. The number of carbonyl (C=O) groups excluding carboxylic acids is 1. The molecule has 5 rings (SSSR count). The van der Waals surface area contributed by atoms with E-state index in [2.05, 4.69) is 9.97 Å². The number of hydrogen-bond acceptors (Lipinski definition) is 3. The van der Waals surface area contributed by atoms with Crippen LogP contribution in [0.2, 0.25) is 0 Å². The molecule has 1 aromatic carbocycles. The average molecular weight is 445 g/mol. The fourth-order valence-electron chi connectivity index (χ4n) is 5.34. The third kappa shape index (κ3) is 2.94. The summed E-state index contributed by atoms with van der Waals surface area (Å²) in [6.45, 7) is 1.43. The first-order valence-electron chi connectivity index (χ1n) is 10.2. The summed E-state index contributed by atoms with van der Waals surface area (Å²) in [6, 6.07) is 5.20. The van der Waals surface area contributed by atoms with Crippen molar-refractivity contribution in [1.29, 1.82) is 0 Å². The van der Waals surface area contributed by atoms with E-state index in [9.17, 15) is 27.2 Å². The molecule has 2 heterocycles. The minimum atomic E-state index is -2.82. The summed E-state index contributed by atoms with van der Waals surface area (Å²) in [5.74, 6) is -8.42. The number of aromatic nitrogens is 2. The lowest BCUT2D eigenvalue weighted by atomic mass is 9.72. The SMILES string of the molecule is Cc1c([C@@H]2C[C@@H]3C(CC2c2cc(=O)c4c(C(N)=O)nccc4[nH]2)C3(F)F)ccc(F)c1F. The zero-order valence-corrected chi connectivity index (χ0v) is 17.0. The molecule has 1 amide bonds. The third-order valence-corrected chi connectivity index (χ3v) is 7.04. The molecule has 0 radical (unpaired) electrons. The van der Waals surface area contributed by atoms with Crippen LogP contribution in [0.4, 0.5) is 17.6 Å². The lowest BCUT2D eigenvalue weighted by Crippen LogP contribution is -2.23. The predicted molar refractivity (Wildman–Crippen MR) is 109 cm³/mol. The fraction of sp³-hybridized carbons (Fsp3) is 0.348. The minimum absolute atomic E-state index is 0.0229. The van der Waals surface area contributed by atoms with Crippen LogP contribution in [0.5, 0.6) is 0 Å². The Labute approximate surface area is 179 Å². The summed E-state index contributed by atoms with van der Waals surface area (Å²) >= 11 is 0. The van der Waals surface area contributed by atoms with Crippen molar-refractivity contribution in [3.8, 4) is 0 Å². The van der Waals surface area contributed by atoms with Crippen LogP contribution in [-0.4, -0.2) is 21.8 Å². The smallest absolute Gasteiger partial charge is 0.268 e. The van der Waals surface area contributed by atoms with Gasteiger partial charge in [0.05, 0.1) is 10.9 Å². The van der Waals surface area contributed by atoms with Crippen molar-refractivity contribution < 1.29 is 22.4 Å². The number of rotatable bonds is 3. The molecule has 0 aliphatic heterocycles. The first-order chi connectivity index (χ1) is 15.1. The quantitative estimate of drug-likeness (QED) is 0.594. The highest BCUT2D eigenvalue weighted by atomic mass is 19.3. The van der Waals surface area contributed by atoms with Crippen LogP contribution in [-0.2, 0) is 0 Å². The molecule has 0 bridgehead atoms. The van der Waals surface area contributed by atoms with Crippen molar-refractivity contribution >= 4 is 16.8 Å². The van der Waals surface area contributed by atoms with E-state index < -0.39 is 52.6 Å². The zero-order chi connectivity index (χ0) is 22.9. The number of H-pyrrole nitrogens is 1. The highest BCUT2D eigenvalue weighted by Gasteiger charge is 2.70. The van der Waals surface area contributed by atoms with Crippen LogP contribution in [0.25, 0.3) is 10.9 Å². The van der Waals surface area contributed by atoms with Gasteiger partial charge in [0.2, 0.25) is 0 Å². The summed E-state index contributed by atoms with van der Waals surface area (Å²) in [4.78, 5) is 31.5. The second-order valence-electron chi connectivity index (χ2n) is 8.68. The zero-order valence-electron chi connectivity index (χ0n) is 17.0. The van der Waals surface area contributed by atoms with Gasteiger partial charge in [-0.3, -0.25) is 14.6 Å². The molecule has 2 saturated carbocycles. The summed E-state index contributed by atoms with van der Waals surface area (Å²) in [6.07, 6.45) is 1.51. The van der Waals surface area contributed by atoms with Crippen LogP contribution in [0.1, 0.15) is 52.0 Å². The summed E-state index contributed by atoms with van der Waals surface area (Å²) in [7, 11) is 0. The highest BCUT2D eigenvalue weighted by Crippen LogP contribution is 2.67. The highest BCUT2D eigenvalue weighted by molar-refractivity contribution is 6.03. The predicted octanol–water partition coefficient (Wildman–Crippen LogP) is 4.15. The number of alkyl halides is 2. The van der Waals surface area contributed by atoms with Gasteiger partial charge in [0.15, 0.2) is 17.1 Å². The molecule has 2 unspecified atom stereocenters. The molecule has 9 heteroatoms. The topological polar surface area (TPSA) is 88.8 Å². The third-order valence-electron chi connectivity index (χ3n) is 7.04. The van der Waals surface area contributed by atoms with E-state index in [0.29, 0.717) is 16.8 Å². The van der Waals surface area contributed by atoms with Crippen molar-refractivity contribution in [1.82, 2.24) is 9.97 Å². The minimum Gasteiger partial charge on any atom is -0.364 e. The van der Waals surface area contributed by atoms with Crippen molar-refractivity contribution in [2.24, 2.45) is 17.6 Å². The van der Waals surface area contributed by atoms with Crippen LogP contribution in [0.3, 0.4) is 0 Å². The first kappa shape index (κ1) is 20.7. The standard InChI is InChI=1S/C23H19F4N3O2/c1-9-10(2-3-15(24)20(9)25)11-6-13-14(23(13,26)27)7-12(11)17-8-18(31)19-16(30-17)4-5-29-21(19)22(28)32/h2-5,8,11-14H,6-7H2,1H3,(H2,28,32)(H,30,31)/t11-,12?,13+,14?/m0/s1. The van der Waals surface area contributed by atoms with Gasteiger partial charge in [-0.25, -0.2) is 17.6 Å². The molecule has 2 aliphatic rings. The second-order valence-corrected chi connectivity index (χ2v) is 8.68. The fourth-order valence-corrected chi connectivity index (χ4v) is 5.34. The van der Waals surface area contributed by atoms with Gasteiger partial charge >= 0.3 is 0 Å². The number of nitrogens with zero attached hydrogens (tertiary/aromatic N) is 1. The van der Waals surface area contributed by atoms with Gasteiger partial charge in [0, 0.05) is 35.7 Å². The monoisotopic (exact) mass is 445 g/mol. The van der Waals surface area contributed by atoms with E-state index in [1.807, 2.05) is 0 Å². The second kappa shape index (κ2) is 6.88. The molecule has 0 spiro atoms. The Balaban J connectivity index is 1.66. The number of nitrogens with two attached hydrogens (primary N) is 1. The van der Waals surface area contributed by atoms with E-state index >= 15 is 0 Å². The summed E-state index contributed by atoms with van der Waals surface area (Å²) in [5.41, 5.74) is 5.86. The molecule has 4 atom stereocenters. The van der Waals surface area contributed by atoms with Gasteiger partial charge in [0.1, 0.15) is 5.69 Å². The lowest BCUT2D eigenvalue weighted by Gasteiger charge is -2.32. The largest absolute Gasteiger partial charge is 0.364 e. The lowest BCUT2D eigenvalue weighted by molar-refractivity contribution is 0.0845. The molecular formula is C23H19F4N3O2. The Morgan fingerprint density at radius 1 is 1.16 bits per heavy atom. The van der Waals surface area contributed by atoms with Gasteiger partial charge in [-0.1, -0.05) is 6.07 Å². The van der Waals surface area contributed by atoms with Gasteiger partial charge in [-0.15, -0.1) is 0 Å². The molecule has 3 aromatic rings. The van der Waals surface area contributed by atoms with E-state index in [0.717, 1.165) is 6.07 Å². The Bertz CT molecular complexity index is 1340. The van der Waals surface area contributed by atoms with E-state index in [1.54, 1.807) is 0 Å². The van der Waals surface area contributed by atoms with Crippen molar-refractivity contribution in [3.05, 3.63) is 74.8 Å². The molecule has 0 saturated heterocycles. The Hall–Kier alpha value is -3.23. The van der Waals surface area contributed by atoms with E-state index in [4.69, 9.17) is 5.73 Å². The molecule has 2 fully saturated rings. The Morgan fingerprint density at radius 3 is 2.53 bits per heavy atom.